The number of carbonyl (C=O) groups is 1. The Morgan fingerprint density at radius 1 is 1.03 bits per heavy atom. The van der Waals surface area contributed by atoms with Crippen LogP contribution in [0.4, 0.5) is 28.0 Å². The number of piperidine rings is 1. The number of alkyl halides is 3. The molecule has 2 heterocycles. The maximum absolute atomic E-state index is 14.3. The molecule has 11 heteroatoms. The quantitative estimate of drug-likeness (QED) is 0.576. The molecule has 0 aromatic heterocycles. The Bertz CT molecular complexity index is 1240. The van der Waals surface area contributed by atoms with Crippen LogP contribution in [-0.4, -0.2) is 49.8 Å². The number of nitrogens with zero attached hydrogens (tertiary/aromatic N) is 2. The van der Waals surface area contributed by atoms with Gasteiger partial charge in [0.1, 0.15) is 0 Å². The highest BCUT2D eigenvalue weighted by atomic mass is 32.2. The number of hydrogen-bond donors (Lipinski definition) is 1. The van der Waals surface area contributed by atoms with Crippen molar-refractivity contribution < 1.29 is 30.8 Å². The van der Waals surface area contributed by atoms with Gasteiger partial charge in [0.15, 0.2) is 5.82 Å². The average molecular weight is 514 g/mol. The Morgan fingerprint density at radius 3 is 2.34 bits per heavy atom. The molecule has 2 aromatic rings. The topological polar surface area (TPSA) is 69.7 Å². The molecule has 2 aliphatic rings. The molecule has 0 saturated carbocycles. The average Bonchev–Trinajstić information content (AvgIpc) is 3.20. The van der Waals surface area contributed by atoms with Crippen molar-refractivity contribution in [1.82, 2.24) is 9.21 Å². The Morgan fingerprint density at radius 2 is 1.69 bits per heavy atom. The van der Waals surface area contributed by atoms with Gasteiger partial charge in [-0.25, -0.2) is 17.6 Å². The van der Waals surface area contributed by atoms with Gasteiger partial charge in [0.2, 0.25) is 10.0 Å². The minimum atomic E-state index is -4.87. The molecule has 2 saturated heterocycles. The van der Waals surface area contributed by atoms with Crippen LogP contribution in [-0.2, 0) is 16.2 Å². The highest BCUT2D eigenvalue weighted by Crippen LogP contribution is 2.42. The number of benzene rings is 2. The van der Waals surface area contributed by atoms with Crippen molar-refractivity contribution in [2.24, 2.45) is 5.41 Å². The zero-order valence-electron chi connectivity index (χ0n) is 19.5. The molecule has 2 fully saturated rings. The molecule has 2 aliphatic heterocycles. The zero-order valence-corrected chi connectivity index (χ0v) is 20.3. The summed E-state index contributed by atoms with van der Waals surface area (Å²) in [7, 11) is -3.65. The highest BCUT2D eigenvalue weighted by molar-refractivity contribution is 7.89. The van der Waals surface area contributed by atoms with Crippen molar-refractivity contribution in [2.75, 3.05) is 31.5 Å². The van der Waals surface area contributed by atoms with Gasteiger partial charge in [0, 0.05) is 26.2 Å². The predicted octanol–water partition coefficient (Wildman–Crippen LogP) is 5.17. The van der Waals surface area contributed by atoms with Crippen LogP contribution in [0.15, 0.2) is 41.3 Å². The van der Waals surface area contributed by atoms with Crippen LogP contribution in [0, 0.1) is 25.1 Å². The maximum atomic E-state index is 14.3. The molecule has 0 radical (unpaired) electrons. The van der Waals surface area contributed by atoms with Crippen molar-refractivity contribution >= 4 is 21.7 Å². The zero-order chi connectivity index (χ0) is 25.6. The number of hydrogen-bond acceptors (Lipinski definition) is 3. The lowest BCUT2D eigenvalue weighted by molar-refractivity contribution is -0.139. The molecular formula is C24H27F4N3O3S. The van der Waals surface area contributed by atoms with E-state index in [2.05, 4.69) is 5.32 Å². The second-order valence-corrected chi connectivity index (χ2v) is 11.3. The van der Waals surface area contributed by atoms with Crippen LogP contribution in [0.5, 0.6) is 0 Å². The first-order chi connectivity index (χ1) is 16.3. The van der Waals surface area contributed by atoms with E-state index in [1.54, 1.807) is 19.1 Å². The van der Waals surface area contributed by atoms with Crippen molar-refractivity contribution in [3.05, 3.63) is 58.9 Å². The fourth-order valence-corrected chi connectivity index (χ4v) is 6.63. The van der Waals surface area contributed by atoms with Gasteiger partial charge in [-0.1, -0.05) is 18.2 Å². The van der Waals surface area contributed by atoms with E-state index in [1.165, 1.54) is 9.21 Å². The van der Waals surface area contributed by atoms with E-state index < -0.39 is 39.3 Å². The van der Waals surface area contributed by atoms with Crippen LogP contribution in [0.25, 0.3) is 0 Å². The maximum Gasteiger partial charge on any atom is 0.419 e. The number of aryl methyl sites for hydroxylation is 2. The number of rotatable bonds is 3. The first-order valence-corrected chi connectivity index (χ1v) is 12.8. The Hall–Kier alpha value is -2.66. The summed E-state index contributed by atoms with van der Waals surface area (Å²) in [6.07, 6.45) is -3.12. The fraction of sp³-hybridized carbons (Fsp3) is 0.458. The molecule has 0 unspecified atom stereocenters. The third-order valence-electron chi connectivity index (χ3n) is 7.02. The molecule has 1 spiro atoms. The van der Waals surface area contributed by atoms with Crippen LogP contribution in [0.1, 0.15) is 36.0 Å². The largest absolute Gasteiger partial charge is 0.419 e. The van der Waals surface area contributed by atoms with Crippen molar-refractivity contribution in [2.45, 2.75) is 44.2 Å². The van der Waals surface area contributed by atoms with E-state index >= 15 is 0 Å². The molecule has 2 aromatic carbocycles. The van der Waals surface area contributed by atoms with Gasteiger partial charge >= 0.3 is 12.2 Å². The molecule has 6 nitrogen and oxygen atoms in total. The lowest BCUT2D eigenvalue weighted by Gasteiger charge is -2.38. The SMILES string of the molecule is Cc1ccc(C)c(S(=O)(=O)N2CCC3(CCN(C(=O)Nc4cccc(C(F)(F)F)c4F)C3)CC2)c1. The van der Waals surface area contributed by atoms with E-state index in [9.17, 15) is 30.8 Å². The van der Waals surface area contributed by atoms with E-state index in [-0.39, 0.29) is 5.41 Å². The van der Waals surface area contributed by atoms with Gasteiger partial charge in [-0.15, -0.1) is 0 Å². The second kappa shape index (κ2) is 9.09. The van der Waals surface area contributed by atoms with Gasteiger partial charge < -0.3 is 10.2 Å². The van der Waals surface area contributed by atoms with Crippen LogP contribution < -0.4 is 5.32 Å². The third-order valence-corrected chi connectivity index (χ3v) is 9.06. The van der Waals surface area contributed by atoms with Gasteiger partial charge in [-0.05, 0) is 67.9 Å². The van der Waals surface area contributed by atoms with Gasteiger partial charge in [-0.2, -0.15) is 17.5 Å². The number of halogens is 4. The molecule has 1 N–H and O–H groups in total. The number of urea groups is 1. The normalized spacial score (nSPS) is 18.7. The summed E-state index contributed by atoms with van der Waals surface area (Å²) in [4.78, 5) is 14.4. The molecular weight excluding hydrogens is 486 g/mol. The lowest BCUT2D eigenvalue weighted by Crippen LogP contribution is -2.45. The van der Waals surface area contributed by atoms with Crippen molar-refractivity contribution in [3.8, 4) is 0 Å². The monoisotopic (exact) mass is 513 g/mol. The molecule has 0 aliphatic carbocycles. The summed E-state index contributed by atoms with van der Waals surface area (Å²) >= 11 is 0. The minimum absolute atomic E-state index is 0.280. The summed E-state index contributed by atoms with van der Waals surface area (Å²) in [6, 6.07) is 7.39. The molecule has 0 atom stereocenters. The number of amides is 2. The number of anilines is 1. The van der Waals surface area contributed by atoms with E-state index in [4.69, 9.17) is 0 Å². The molecule has 35 heavy (non-hydrogen) atoms. The molecule has 0 bridgehead atoms. The first-order valence-electron chi connectivity index (χ1n) is 11.3. The van der Waals surface area contributed by atoms with E-state index in [0.717, 1.165) is 17.7 Å². The number of nitrogens with one attached hydrogen (secondary N) is 1. The standard InChI is InChI=1S/C24H27F4N3O3S/c1-16-6-7-17(2)20(14-16)35(33,34)31-12-9-23(10-13-31)8-11-30(15-23)22(32)29-19-5-3-4-18(21(19)25)24(26,27)28/h3-7,14H,8-13,15H2,1-2H3,(H,29,32). The second-order valence-electron chi connectivity index (χ2n) is 9.44. The van der Waals surface area contributed by atoms with Gasteiger partial charge in [-0.3, -0.25) is 0 Å². The van der Waals surface area contributed by atoms with E-state index in [0.29, 0.717) is 62.0 Å². The first kappa shape index (κ1) is 25.4. The summed E-state index contributed by atoms with van der Waals surface area (Å²) in [5, 5.41) is 2.26. The minimum Gasteiger partial charge on any atom is -0.324 e. The summed E-state index contributed by atoms with van der Waals surface area (Å²) < 4.78 is 81.1. The molecule has 4 rings (SSSR count). The summed E-state index contributed by atoms with van der Waals surface area (Å²) in [5.74, 6) is -1.52. The fourth-order valence-electron chi connectivity index (χ4n) is 4.88. The Kier molecular flexibility index (Phi) is 6.60. The highest BCUT2D eigenvalue weighted by Gasteiger charge is 2.44. The Balaban J connectivity index is 1.41. The van der Waals surface area contributed by atoms with Crippen LogP contribution in [0.2, 0.25) is 0 Å². The Labute approximate surface area is 202 Å². The van der Waals surface area contributed by atoms with Crippen molar-refractivity contribution in [1.29, 1.82) is 0 Å². The van der Waals surface area contributed by atoms with Crippen LogP contribution in [0.3, 0.4) is 0 Å². The molecule has 2 amide bonds. The van der Waals surface area contributed by atoms with Crippen LogP contribution >= 0.6 is 0 Å². The lowest BCUT2D eigenvalue weighted by atomic mass is 9.78. The number of likely N-dealkylation sites (tertiary alicyclic amines) is 1. The smallest absolute Gasteiger partial charge is 0.324 e. The third kappa shape index (κ3) is 5.02. The van der Waals surface area contributed by atoms with Crippen molar-refractivity contribution in [3.63, 3.8) is 0 Å². The number of sulfonamides is 1. The summed E-state index contributed by atoms with van der Waals surface area (Å²) in [6.45, 7) is 4.92. The predicted molar refractivity (Wildman–Crippen MR) is 123 cm³/mol. The number of carbonyl (C=O) groups excluding carboxylic acids is 1. The summed E-state index contributed by atoms with van der Waals surface area (Å²) in [5.41, 5.74) is -0.707. The van der Waals surface area contributed by atoms with E-state index in [1.807, 2.05) is 13.0 Å². The van der Waals surface area contributed by atoms with Gasteiger partial charge in [0.25, 0.3) is 0 Å². The van der Waals surface area contributed by atoms with Gasteiger partial charge in [0.05, 0.1) is 16.1 Å². The molecule has 190 valence electrons.